The SMILES string of the molecule is [2H]c1nn(CCN2C([2H])([2H])CN(c3ccc(OC([2H])([2H])C([2H])([2H])OC([2H])([2H])[2H])cc3)CC2([2H])[2H])c2nc(N)n3nc(-c4ccco4)nc3c12. The van der Waals surface area contributed by atoms with E-state index in [-0.39, 0.29) is 66.6 Å². The van der Waals surface area contributed by atoms with Gasteiger partial charge in [0.1, 0.15) is 12.3 Å². The molecule has 5 heterocycles. The second-order valence-corrected chi connectivity index (χ2v) is 7.88. The van der Waals surface area contributed by atoms with Gasteiger partial charge in [-0.05, 0) is 36.4 Å². The quantitative estimate of drug-likeness (QED) is 0.312. The van der Waals surface area contributed by atoms with Crippen LogP contribution in [0.1, 0.15) is 16.4 Å². The maximum absolute atomic E-state index is 8.77. The molecule has 0 unspecified atom stereocenters. The number of hydrogen-bond acceptors (Lipinski definition) is 10. The van der Waals surface area contributed by atoms with Crippen molar-refractivity contribution in [1.29, 1.82) is 0 Å². The molecule has 1 fully saturated rings. The lowest BCUT2D eigenvalue weighted by atomic mass is 10.2. The average molecular weight is 516 g/mol. The third-order valence-electron chi connectivity index (χ3n) is 5.66. The number of nitrogens with two attached hydrogens (primary N) is 1. The molecular weight excluding hydrogens is 474 g/mol. The molecule has 0 aliphatic carbocycles. The Morgan fingerprint density at radius 1 is 1.14 bits per heavy atom. The predicted octanol–water partition coefficient (Wildman–Crippen LogP) is 2.16. The normalized spacial score (nSPS) is 23.3. The van der Waals surface area contributed by atoms with Crippen molar-refractivity contribution in [2.75, 3.05) is 63.4 Å². The van der Waals surface area contributed by atoms with E-state index in [0.29, 0.717) is 11.4 Å². The number of nitrogens with zero attached hydrogens (tertiary/aromatic N) is 8. The Morgan fingerprint density at radius 3 is 2.78 bits per heavy atom. The van der Waals surface area contributed by atoms with E-state index in [4.69, 9.17) is 31.3 Å². The van der Waals surface area contributed by atoms with Crippen LogP contribution in [0, 0.1) is 0 Å². The number of nitrogen functional groups attached to an aromatic ring is 1. The minimum Gasteiger partial charge on any atom is -0.491 e. The topological polar surface area (TPSA) is 125 Å². The average Bonchev–Trinajstić information content (AvgIpc) is 3.70. The number of fused-ring (bicyclic) bond motifs is 3. The molecule has 6 rings (SSSR count). The number of methoxy groups -OCH3 is 1. The molecule has 12 heteroatoms. The molecule has 1 aliphatic heterocycles. The van der Waals surface area contributed by atoms with Crippen molar-refractivity contribution in [3.05, 3.63) is 48.8 Å². The van der Waals surface area contributed by atoms with Crippen LogP contribution in [0.4, 0.5) is 11.6 Å². The number of furan rings is 1. The van der Waals surface area contributed by atoms with Crippen molar-refractivity contribution < 1.29 is 30.3 Å². The Bertz CT molecular complexity index is 1960. The van der Waals surface area contributed by atoms with Gasteiger partial charge < -0.3 is 24.5 Å². The van der Waals surface area contributed by atoms with Crippen LogP contribution in [-0.4, -0.2) is 87.0 Å². The van der Waals surface area contributed by atoms with E-state index in [1.54, 1.807) is 12.1 Å². The summed E-state index contributed by atoms with van der Waals surface area (Å²) in [5.41, 5.74) is 6.93. The lowest BCUT2D eigenvalue weighted by Gasteiger charge is -2.36. The summed E-state index contributed by atoms with van der Waals surface area (Å²) in [6, 6.07) is 8.69. The van der Waals surface area contributed by atoms with Crippen LogP contribution in [-0.2, 0) is 11.3 Å². The molecular formula is C25H29N9O3. The van der Waals surface area contributed by atoms with Gasteiger partial charge in [0.2, 0.25) is 11.8 Å². The first-order valence-electron chi connectivity index (χ1n) is 17.1. The first-order valence-corrected chi connectivity index (χ1v) is 11.1. The number of hydrogen-bond donors (Lipinski definition) is 1. The van der Waals surface area contributed by atoms with E-state index in [2.05, 4.69) is 24.9 Å². The molecule has 12 nitrogen and oxygen atoms in total. The van der Waals surface area contributed by atoms with Crippen molar-refractivity contribution in [2.45, 2.75) is 6.54 Å². The summed E-state index contributed by atoms with van der Waals surface area (Å²) < 4.78 is 113. The van der Waals surface area contributed by atoms with Gasteiger partial charge in [0.05, 0.1) is 41.9 Å². The highest BCUT2D eigenvalue weighted by Crippen LogP contribution is 2.24. The molecule has 4 aromatic heterocycles. The van der Waals surface area contributed by atoms with E-state index in [0.717, 1.165) is 4.90 Å². The summed E-state index contributed by atoms with van der Waals surface area (Å²) in [5, 5.41) is 8.81. The zero-order valence-corrected chi connectivity index (χ0v) is 19.2. The summed E-state index contributed by atoms with van der Waals surface area (Å²) in [4.78, 5) is 11.3. The van der Waals surface area contributed by atoms with Crippen LogP contribution >= 0.6 is 0 Å². The maximum Gasteiger partial charge on any atom is 0.225 e. The Balaban J connectivity index is 1.18. The van der Waals surface area contributed by atoms with Crippen LogP contribution in [0.2, 0.25) is 0 Å². The molecule has 0 atom stereocenters. The van der Waals surface area contributed by atoms with Crippen LogP contribution in [0.25, 0.3) is 28.3 Å². The van der Waals surface area contributed by atoms with Crippen molar-refractivity contribution in [1.82, 2.24) is 34.3 Å². The highest BCUT2D eigenvalue weighted by atomic mass is 16.5. The molecule has 2 N–H and O–H groups in total. The molecule has 1 aromatic carbocycles. The van der Waals surface area contributed by atoms with E-state index in [9.17, 15) is 0 Å². The molecule has 192 valence electrons. The maximum atomic E-state index is 8.77. The largest absolute Gasteiger partial charge is 0.491 e. The van der Waals surface area contributed by atoms with Gasteiger partial charge in [0.25, 0.3) is 0 Å². The number of rotatable bonds is 9. The third-order valence-corrected chi connectivity index (χ3v) is 5.66. The molecule has 5 aromatic rings. The summed E-state index contributed by atoms with van der Waals surface area (Å²) in [6.45, 7) is -11.7. The van der Waals surface area contributed by atoms with Crippen molar-refractivity contribution in [3.63, 3.8) is 0 Å². The van der Waals surface area contributed by atoms with Gasteiger partial charge in [-0.2, -0.15) is 14.6 Å². The molecule has 0 spiro atoms. The zero-order valence-electron chi connectivity index (χ0n) is 31.2. The Hall–Kier alpha value is -4.16. The van der Waals surface area contributed by atoms with E-state index < -0.39 is 33.1 Å². The fourth-order valence-corrected chi connectivity index (χ4v) is 3.87. The lowest BCUT2D eigenvalue weighted by molar-refractivity contribution is 0.146. The van der Waals surface area contributed by atoms with Crippen LogP contribution in [0.5, 0.6) is 5.75 Å². The standard InChI is InChI=1S/C25H29N9O3/c1-35-15-16-36-19-6-4-18(5-7-19)32-11-8-31(9-12-32)10-13-33-23-20(17-27-33)24-28-22(21-3-2-14-37-21)30-34(24)25(26)29-23/h2-7,14,17H,8-13,15-16H2,1H3,(H2,26,29)/i1D3,8D2,9D2,15D2,16D2,17D. The van der Waals surface area contributed by atoms with Crippen molar-refractivity contribution >= 4 is 28.3 Å². The van der Waals surface area contributed by atoms with Crippen LogP contribution in [0.3, 0.4) is 0 Å². The monoisotopic (exact) mass is 515 g/mol. The zero-order chi connectivity index (χ0) is 35.7. The minimum atomic E-state index is -3.33. The van der Waals surface area contributed by atoms with Gasteiger partial charge in [-0.25, -0.2) is 9.67 Å². The summed E-state index contributed by atoms with van der Waals surface area (Å²) in [7, 11) is -3.22. The lowest BCUT2D eigenvalue weighted by Crippen LogP contribution is -2.47. The molecule has 0 amide bonds. The molecule has 0 bridgehead atoms. The molecule has 1 aliphatic rings. The summed E-state index contributed by atoms with van der Waals surface area (Å²) in [6.07, 6.45) is 1.29. The van der Waals surface area contributed by atoms with Crippen LogP contribution in [0.15, 0.2) is 53.3 Å². The Kier molecular flexibility index (Phi) is 3.65. The van der Waals surface area contributed by atoms with Crippen LogP contribution < -0.4 is 15.4 Å². The third kappa shape index (κ3) is 4.68. The van der Waals surface area contributed by atoms with Gasteiger partial charge in [-0.1, -0.05) is 0 Å². The van der Waals surface area contributed by atoms with Gasteiger partial charge in [0.15, 0.2) is 17.1 Å². The first-order chi connectivity index (χ1) is 22.7. The fraction of sp³-hybridized carbons (Fsp3) is 0.360. The van der Waals surface area contributed by atoms with Gasteiger partial charge >= 0.3 is 0 Å². The minimum absolute atomic E-state index is 0.0385. The number of benzene rings is 1. The highest BCUT2D eigenvalue weighted by molar-refractivity contribution is 5.90. The Labute approximate surface area is 230 Å². The fourth-order valence-electron chi connectivity index (χ4n) is 3.87. The van der Waals surface area contributed by atoms with Gasteiger partial charge in [-0.3, -0.25) is 4.90 Å². The number of anilines is 2. The van der Waals surface area contributed by atoms with Gasteiger partial charge in [0, 0.05) is 50.8 Å². The summed E-state index contributed by atoms with van der Waals surface area (Å²) >= 11 is 0. The summed E-state index contributed by atoms with van der Waals surface area (Å²) in [5.74, 6) is 0.396. The number of aromatic nitrogens is 6. The van der Waals surface area contributed by atoms with E-state index >= 15 is 0 Å². The van der Waals surface area contributed by atoms with Gasteiger partial charge in [-0.15, -0.1) is 5.10 Å². The molecule has 0 saturated carbocycles. The van der Waals surface area contributed by atoms with Crippen molar-refractivity contribution in [2.24, 2.45) is 0 Å². The molecule has 0 radical (unpaired) electrons. The predicted molar refractivity (Wildman–Crippen MR) is 139 cm³/mol. The van der Waals surface area contributed by atoms with E-state index in [1.807, 2.05) is 0 Å². The number of piperazine rings is 1. The second-order valence-electron chi connectivity index (χ2n) is 7.88. The molecule has 37 heavy (non-hydrogen) atoms. The highest BCUT2D eigenvalue weighted by Gasteiger charge is 2.20. The van der Waals surface area contributed by atoms with E-state index in [1.165, 1.54) is 44.6 Å². The number of ether oxygens (including phenoxy) is 2. The smallest absolute Gasteiger partial charge is 0.225 e. The van der Waals surface area contributed by atoms with Crippen molar-refractivity contribution in [3.8, 4) is 17.3 Å². The molecule has 1 saturated heterocycles. The second kappa shape index (κ2) is 10.1. The Morgan fingerprint density at radius 2 is 2.00 bits per heavy atom. The first kappa shape index (κ1) is 13.4.